The minimum absolute atomic E-state index is 0.0121. The Balaban J connectivity index is 0.957. The Labute approximate surface area is 396 Å². The fourth-order valence-electron chi connectivity index (χ4n) is 7.50. The number of esters is 2. The van der Waals surface area contributed by atoms with Crippen LogP contribution in [0.3, 0.4) is 0 Å². The maximum absolute atomic E-state index is 13.4. The molecule has 5 aromatic carbocycles. The molecule has 0 saturated heterocycles. The second kappa shape index (κ2) is 21.8. The van der Waals surface area contributed by atoms with Gasteiger partial charge in [-0.1, -0.05) is 78.1 Å². The molecule has 0 fully saturated rings. The van der Waals surface area contributed by atoms with Crippen LogP contribution in [0.5, 0.6) is 0 Å². The van der Waals surface area contributed by atoms with Gasteiger partial charge in [0.15, 0.2) is 0 Å². The quantitative estimate of drug-likeness (QED) is 0.0664. The number of benzene rings is 5. The molecule has 3 N–H and O–H groups in total. The van der Waals surface area contributed by atoms with Crippen LogP contribution in [0.15, 0.2) is 157 Å². The molecule has 0 radical (unpaired) electrons. The zero-order valence-electron chi connectivity index (χ0n) is 36.8. The molecule has 3 amide bonds. The minimum atomic E-state index is -0.509. The number of hydrogen-bond donors (Lipinski definition) is 3. The summed E-state index contributed by atoms with van der Waals surface area (Å²) < 4.78 is 10.4. The maximum Gasteiger partial charge on any atom is 0.306 e. The van der Waals surface area contributed by atoms with E-state index in [2.05, 4.69) is 21.2 Å². The van der Waals surface area contributed by atoms with Crippen molar-refractivity contribution in [2.45, 2.75) is 72.1 Å². The van der Waals surface area contributed by atoms with E-state index in [1.165, 1.54) is 23.5 Å². The molecule has 2 aliphatic rings. The van der Waals surface area contributed by atoms with Crippen molar-refractivity contribution < 1.29 is 33.4 Å². The molecule has 2 aliphatic heterocycles. The van der Waals surface area contributed by atoms with Gasteiger partial charge >= 0.3 is 11.9 Å². The van der Waals surface area contributed by atoms with Crippen molar-refractivity contribution in [3.05, 3.63) is 161 Å². The van der Waals surface area contributed by atoms with Gasteiger partial charge in [-0.05, 0) is 96.8 Å². The number of carbonyl (C=O) groups excluding carboxylic acids is 5. The lowest BCUT2D eigenvalue weighted by atomic mass is 9.97. The first-order chi connectivity index (χ1) is 32.6. The number of hydrogen-bond acceptors (Lipinski definition) is 12. The number of fused-ring (bicyclic) bond motifs is 4. The van der Waals surface area contributed by atoms with Gasteiger partial charge in [0.25, 0.3) is 11.8 Å². The second-order valence-electron chi connectivity index (χ2n) is 15.4. The molecule has 0 spiro atoms. The molecule has 0 saturated carbocycles. The molecule has 15 heteroatoms. The minimum Gasteiger partial charge on any atom is -0.466 e. The number of aliphatic imine (C=N–C) groups is 2. The number of hydrazine groups is 1. The number of ether oxygens (including phenoxy) is 2. The number of nitrogens with one attached hydrogen (secondary N) is 3. The molecule has 67 heavy (non-hydrogen) atoms. The summed E-state index contributed by atoms with van der Waals surface area (Å²) in [4.78, 5) is 82.4. The molecule has 0 atom stereocenters. The smallest absolute Gasteiger partial charge is 0.306 e. The number of nitrogens with zero attached hydrogens (tertiary/aromatic N) is 3. The number of pyridine rings is 1. The van der Waals surface area contributed by atoms with E-state index in [0.717, 1.165) is 58.7 Å². The summed E-state index contributed by atoms with van der Waals surface area (Å²) in [6, 6.07) is 35.8. The van der Waals surface area contributed by atoms with Crippen LogP contribution in [0.1, 0.15) is 82.5 Å². The highest BCUT2D eigenvalue weighted by Gasteiger charge is 2.23. The predicted molar refractivity (Wildman–Crippen MR) is 258 cm³/mol. The first-order valence-corrected chi connectivity index (χ1v) is 23.5. The normalized spacial score (nSPS) is 12.3. The van der Waals surface area contributed by atoms with E-state index in [4.69, 9.17) is 19.5 Å². The fourth-order valence-corrected chi connectivity index (χ4v) is 9.52. The standard InChI is InChI=1S/C52H46N6O7S2/c1-3-64-49(60)22-17-40-38-12-5-6-13-44(38)66-46-21-16-37(29-43(46)55-40)52(63)58-57-48(59)26-32-9-7-11-34(25-32)35-14-19-45-39(27-35)41(18-23-50(61)65-4-2)56-42-28-36(15-20-47(42)67-45)51(62)54-31-33-10-8-24-53-30-33/h5-16,19-21,24-25,27-30H,3-4,17-18,22-23,26,31H2,1-2H3,(H,54,62)(H,57,59)(H,58,63). The van der Waals surface area contributed by atoms with Gasteiger partial charge in [0.2, 0.25) is 5.91 Å². The Hall–Kier alpha value is -7.36. The van der Waals surface area contributed by atoms with Crippen LogP contribution in [0.4, 0.5) is 11.4 Å². The molecular weight excluding hydrogens is 885 g/mol. The van der Waals surface area contributed by atoms with Gasteiger partial charge in [0.05, 0.1) is 55.3 Å². The first kappa shape index (κ1) is 46.2. The lowest BCUT2D eigenvalue weighted by Crippen LogP contribution is -2.42. The molecular formula is C52H46N6O7S2. The SMILES string of the molecule is CCOC(=O)CCC1=Nc2cc(C(=O)NNC(=O)Cc3cccc(-c4ccc5c(c4)C(CCC(=O)OCC)=Nc4cc(C(=O)NCc6cccnc6)ccc4S5)c3)ccc2Sc2ccccc21. The van der Waals surface area contributed by atoms with E-state index in [9.17, 15) is 24.0 Å². The highest BCUT2D eigenvalue weighted by atomic mass is 32.2. The average molecular weight is 931 g/mol. The van der Waals surface area contributed by atoms with Crippen molar-refractivity contribution in [3.8, 4) is 11.1 Å². The summed E-state index contributed by atoms with van der Waals surface area (Å²) in [5, 5.41) is 2.95. The molecule has 338 valence electrons. The Morgan fingerprint density at radius 1 is 0.567 bits per heavy atom. The van der Waals surface area contributed by atoms with E-state index in [1.807, 2.05) is 91.0 Å². The third kappa shape index (κ3) is 11.7. The lowest BCUT2D eigenvalue weighted by molar-refractivity contribution is -0.143. The van der Waals surface area contributed by atoms with Crippen molar-refractivity contribution in [2.24, 2.45) is 9.98 Å². The highest BCUT2D eigenvalue weighted by molar-refractivity contribution is 7.99. The predicted octanol–water partition coefficient (Wildman–Crippen LogP) is 9.54. The highest BCUT2D eigenvalue weighted by Crippen LogP contribution is 2.43. The van der Waals surface area contributed by atoms with Crippen molar-refractivity contribution in [1.82, 2.24) is 21.2 Å². The van der Waals surface area contributed by atoms with Crippen LogP contribution in [-0.2, 0) is 36.8 Å². The van der Waals surface area contributed by atoms with Gasteiger partial charge in [0, 0.05) is 73.6 Å². The van der Waals surface area contributed by atoms with Crippen LogP contribution in [0.2, 0.25) is 0 Å². The molecule has 3 heterocycles. The maximum atomic E-state index is 13.4. The summed E-state index contributed by atoms with van der Waals surface area (Å²) in [6.07, 6.45) is 4.35. The van der Waals surface area contributed by atoms with E-state index in [1.54, 1.807) is 50.5 Å². The third-order valence-corrected chi connectivity index (χ3v) is 13.0. The summed E-state index contributed by atoms with van der Waals surface area (Å²) in [7, 11) is 0. The van der Waals surface area contributed by atoms with Gasteiger partial charge in [0.1, 0.15) is 0 Å². The van der Waals surface area contributed by atoms with Gasteiger partial charge in [-0.25, -0.2) is 0 Å². The van der Waals surface area contributed by atoms with E-state index in [0.29, 0.717) is 54.2 Å². The molecule has 1 aromatic heterocycles. The van der Waals surface area contributed by atoms with E-state index >= 15 is 0 Å². The van der Waals surface area contributed by atoms with Gasteiger partial charge in [-0.2, -0.15) is 0 Å². The molecule has 0 aliphatic carbocycles. The zero-order chi connectivity index (χ0) is 46.7. The topological polar surface area (TPSA) is 178 Å². The van der Waals surface area contributed by atoms with E-state index < -0.39 is 11.8 Å². The number of amides is 3. The Kier molecular flexibility index (Phi) is 15.0. The van der Waals surface area contributed by atoms with Gasteiger partial charge < -0.3 is 14.8 Å². The van der Waals surface area contributed by atoms with Gasteiger partial charge in [-0.15, -0.1) is 0 Å². The number of aromatic nitrogens is 1. The second-order valence-corrected chi connectivity index (χ2v) is 17.6. The van der Waals surface area contributed by atoms with Crippen molar-refractivity contribution in [1.29, 1.82) is 0 Å². The monoisotopic (exact) mass is 930 g/mol. The van der Waals surface area contributed by atoms with E-state index in [-0.39, 0.29) is 43.7 Å². The van der Waals surface area contributed by atoms with Crippen LogP contribution in [0.25, 0.3) is 11.1 Å². The number of rotatable bonds is 15. The van der Waals surface area contributed by atoms with Crippen LogP contribution in [-0.4, -0.2) is 59.3 Å². The fraction of sp³-hybridized carbons (Fsp3) is 0.192. The summed E-state index contributed by atoms with van der Waals surface area (Å²) in [5.74, 6) is -1.81. The Morgan fingerprint density at radius 3 is 1.85 bits per heavy atom. The lowest BCUT2D eigenvalue weighted by Gasteiger charge is -2.13. The van der Waals surface area contributed by atoms with Gasteiger partial charge in [-0.3, -0.25) is 49.8 Å². The summed E-state index contributed by atoms with van der Waals surface area (Å²) in [5.41, 5.74) is 13.5. The molecule has 8 rings (SSSR count). The first-order valence-electron chi connectivity index (χ1n) is 21.8. The van der Waals surface area contributed by atoms with Crippen molar-refractivity contribution >= 4 is 76.0 Å². The molecule has 0 unspecified atom stereocenters. The van der Waals surface area contributed by atoms with Crippen molar-refractivity contribution in [3.63, 3.8) is 0 Å². The summed E-state index contributed by atoms with van der Waals surface area (Å²) in [6.45, 7) is 4.43. The Morgan fingerprint density at radius 2 is 1.18 bits per heavy atom. The zero-order valence-corrected chi connectivity index (χ0v) is 38.4. The average Bonchev–Trinajstić information content (AvgIpc) is 3.60. The Bertz CT molecular complexity index is 2940. The van der Waals surface area contributed by atoms with Crippen molar-refractivity contribution in [2.75, 3.05) is 13.2 Å². The van der Waals surface area contributed by atoms with Crippen LogP contribution in [0, 0.1) is 0 Å². The summed E-state index contributed by atoms with van der Waals surface area (Å²) >= 11 is 3.07. The van der Waals surface area contributed by atoms with Crippen LogP contribution < -0.4 is 16.2 Å². The largest absolute Gasteiger partial charge is 0.466 e. The molecule has 6 aromatic rings. The third-order valence-electron chi connectivity index (χ3n) is 10.7. The number of carbonyl (C=O) groups is 5. The molecule has 13 nitrogen and oxygen atoms in total. The van der Waals surface area contributed by atoms with Crippen LogP contribution >= 0.6 is 23.5 Å². The molecule has 0 bridgehead atoms.